The lowest BCUT2D eigenvalue weighted by Crippen LogP contribution is -2.12. The van der Waals surface area contributed by atoms with Crippen molar-refractivity contribution in [1.29, 1.82) is 0 Å². The minimum Gasteiger partial charge on any atom is -0.353 e. The van der Waals surface area contributed by atoms with Gasteiger partial charge in [-0.1, -0.05) is 64.5 Å². The predicted octanol–water partition coefficient (Wildman–Crippen LogP) is 7.12. The summed E-state index contributed by atoms with van der Waals surface area (Å²) < 4.78 is 0.715. The van der Waals surface area contributed by atoms with E-state index in [0.29, 0.717) is 26.8 Å². The van der Waals surface area contributed by atoms with Crippen molar-refractivity contribution >= 4 is 65.9 Å². The smallest absolute Gasteiger partial charge is 0.255 e. The normalized spacial score (nSPS) is 11.2. The highest BCUT2D eigenvalue weighted by molar-refractivity contribution is 9.10. The van der Waals surface area contributed by atoms with Crippen molar-refractivity contribution < 1.29 is 9.59 Å². The lowest BCUT2D eigenvalue weighted by atomic mass is 10.0. The number of hydrogen-bond donors (Lipinski definition) is 2. The summed E-state index contributed by atoms with van der Waals surface area (Å²) in [5, 5.41) is 6.78. The zero-order chi connectivity index (χ0) is 23.9. The number of nitrogens with zero attached hydrogens (tertiary/aromatic N) is 1. The Morgan fingerprint density at radius 2 is 1.60 bits per heavy atom. The Morgan fingerprint density at radius 1 is 0.800 bits per heavy atom. The maximum atomic E-state index is 13.3. The van der Waals surface area contributed by atoms with Gasteiger partial charge in [0.1, 0.15) is 5.69 Å². The molecular weight excluding hydrogens is 502 g/mol. The van der Waals surface area contributed by atoms with Gasteiger partial charge in [0.05, 0.1) is 5.52 Å². The first kappa shape index (κ1) is 21.3. The molecule has 4 aromatic carbocycles. The number of amides is 1. The van der Waals surface area contributed by atoms with Gasteiger partial charge in [-0.05, 0) is 47.9 Å². The number of pyridine rings is 1. The molecule has 0 saturated heterocycles. The molecule has 0 fully saturated rings. The van der Waals surface area contributed by atoms with Crippen molar-refractivity contribution in [3.63, 3.8) is 0 Å². The SMILES string of the molecule is O=C(Nc1cccc2ccccc12)c1ccc2[nH]c3c(C(=O)c4ccccc4Br)nccc3c2c1. The van der Waals surface area contributed by atoms with Crippen molar-refractivity contribution in [2.24, 2.45) is 0 Å². The third-order valence-corrected chi connectivity index (χ3v) is 6.85. The standard InChI is InChI=1S/C29H18BrN3O2/c30-23-10-4-3-9-21(23)28(34)27-26-20(14-15-31-27)22-16-18(12-13-25(22)32-26)29(35)33-24-11-5-7-17-6-1-2-8-19(17)24/h1-16,32H,(H,33,35). The van der Waals surface area contributed by atoms with Crippen LogP contribution in [0.3, 0.4) is 0 Å². The van der Waals surface area contributed by atoms with Crippen LogP contribution in [0.5, 0.6) is 0 Å². The molecule has 0 unspecified atom stereocenters. The van der Waals surface area contributed by atoms with E-state index in [1.807, 2.05) is 78.9 Å². The summed E-state index contributed by atoms with van der Waals surface area (Å²) in [6.45, 7) is 0. The molecule has 0 radical (unpaired) electrons. The Morgan fingerprint density at radius 3 is 2.49 bits per heavy atom. The number of carbonyl (C=O) groups is 2. The third-order valence-electron chi connectivity index (χ3n) is 6.15. The average molecular weight is 520 g/mol. The molecule has 0 aliphatic carbocycles. The number of hydrogen-bond acceptors (Lipinski definition) is 3. The number of anilines is 1. The summed E-state index contributed by atoms with van der Waals surface area (Å²) >= 11 is 3.46. The van der Waals surface area contributed by atoms with Crippen LogP contribution in [0.4, 0.5) is 5.69 Å². The molecule has 0 saturated carbocycles. The fourth-order valence-corrected chi connectivity index (χ4v) is 4.90. The number of benzene rings is 4. The first-order chi connectivity index (χ1) is 17.1. The van der Waals surface area contributed by atoms with Crippen LogP contribution in [0.15, 0.2) is 102 Å². The van der Waals surface area contributed by atoms with Crippen LogP contribution >= 0.6 is 15.9 Å². The van der Waals surface area contributed by atoms with Crippen molar-refractivity contribution in [3.05, 3.63) is 118 Å². The first-order valence-corrected chi connectivity index (χ1v) is 11.9. The monoisotopic (exact) mass is 519 g/mol. The maximum Gasteiger partial charge on any atom is 0.255 e. The molecule has 35 heavy (non-hydrogen) atoms. The van der Waals surface area contributed by atoms with E-state index in [4.69, 9.17) is 0 Å². The minimum atomic E-state index is -0.198. The summed E-state index contributed by atoms with van der Waals surface area (Å²) in [5.74, 6) is -0.375. The molecule has 0 aliphatic heterocycles. The van der Waals surface area contributed by atoms with Crippen LogP contribution in [0.2, 0.25) is 0 Å². The molecule has 6 rings (SSSR count). The Hall–Kier alpha value is -4.29. The molecule has 2 N–H and O–H groups in total. The fourth-order valence-electron chi connectivity index (χ4n) is 4.44. The van der Waals surface area contributed by atoms with Crippen LogP contribution < -0.4 is 5.32 Å². The molecular formula is C29H18BrN3O2. The quantitative estimate of drug-likeness (QED) is 0.243. The van der Waals surface area contributed by atoms with Gasteiger partial charge in [0, 0.05) is 49.2 Å². The number of carbonyl (C=O) groups excluding carboxylic acids is 2. The molecule has 6 aromatic rings. The second-order valence-corrected chi connectivity index (χ2v) is 9.11. The molecule has 1 amide bonds. The molecule has 0 aliphatic rings. The van der Waals surface area contributed by atoms with Crippen LogP contribution in [0, 0.1) is 0 Å². The van der Waals surface area contributed by atoms with E-state index in [-0.39, 0.29) is 11.7 Å². The number of rotatable bonds is 4. The molecule has 0 bridgehead atoms. The van der Waals surface area contributed by atoms with E-state index >= 15 is 0 Å². The van der Waals surface area contributed by atoms with Gasteiger partial charge >= 0.3 is 0 Å². The van der Waals surface area contributed by atoms with E-state index in [1.165, 1.54) is 0 Å². The van der Waals surface area contributed by atoms with Crippen LogP contribution in [-0.4, -0.2) is 21.7 Å². The first-order valence-electron chi connectivity index (χ1n) is 11.1. The number of aromatic amines is 1. The highest BCUT2D eigenvalue weighted by Crippen LogP contribution is 2.30. The summed E-state index contributed by atoms with van der Waals surface area (Å²) in [7, 11) is 0. The fraction of sp³-hybridized carbons (Fsp3) is 0. The lowest BCUT2D eigenvalue weighted by Gasteiger charge is -2.09. The number of aromatic nitrogens is 2. The van der Waals surface area contributed by atoms with Crippen LogP contribution in [-0.2, 0) is 0 Å². The Balaban J connectivity index is 1.40. The topological polar surface area (TPSA) is 74.8 Å². The van der Waals surface area contributed by atoms with E-state index in [2.05, 4.69) is 31.2 Å². The summed E-state index contributed by atoms with van der Waals surface area (Å²) in [6, 6.07) is 28.4. The van der Waals surface area contributed by atoms with Gasteiger partial charge in [-0.3, -0.25) is 14.6 Å². The van der Waals surface area contributed by atoms with Gasteiger partial charge in [0.15, 0.2) is 0 Å². The average Bonchev–Trinajstić information content (AvgIpc) is 3.27. The number of halogens is 1. The summed E-state index contributed by atoms with van der Waals surface area (Å²) in [6.07, 6.45) is 1.63. The Bertz CT molecular complexity index is 1780. The lowest BCUT2D eigenvalue weighted by molar-refractivity contribution is 0.102. The van der Waals surface area contributed by atoms with Crippen molar-refractivity contribution in [2.75, 3.05) is 5.32 Å². The van der Waals surface area contributed by atoms with Crippen molar-refractivity contribution in [1.82, 2.24) is 9.97 Å². The molecule has 0 atom stereocenters. The molecule has 168 valence electrons. The second-order valence-electron chi connectivity index (χ2n) is 8.26. The highest BCUT2D eigenvalue weighted by atomic mass is 79.9. The zero-order valence-electron chi connectivity index (χ0n) is 18.4. The number of nitrogens with one attached hydrogen (secondary N) is 2. The van der Waals surface area contributed by atoms with E-state index in [0.717, 1.165) is 32.7 Å². The zero-order valence-corrected chi connectivity index (χ0v) is 20.0. The number of H-pyrrole nitrogens is 1. The third kappa shape index (κ3) is 3.68. The number of fused-ring (bicyclic) bond motifs is 4. The van der Waals surface area contributed by atoms with Gasteiger partial charge < -0.3 is 10.3 Å². The van der Waals surface area contributed by atoms with Crippen LogP contribution in [0.25, 0.3) is 32.6 Å². The Kier molecular flexibility index (Phi) is 5.16. The van der Waals surface area contributed by atoms with Gasteiger partial charge in [-0.25, -0.2) is 0 Å². The maximum absolute atomic E-state index is 13.3. The molecule has 2 heterocycles. The predicted molar refractivity (Wildman–Crippen MR) is 143 cm³/mol. The largest absolute Gasteiger partial charge is 0.353 e. The Labute approximate surface area is 208 Å². The summed E-state index contributed by atoms with van der Waals surface area (Å²) in [4.78, 5) is 34.1. The highest BCUT2D eigenvalue weighted by Gasteiger charge is 2.19. The van der Waals surface area contributed by atoms with Gasteiger partial charge in [0.2, 0.25) is 5.78 Å². The van der Waals surface area contributed by atoms with Gasteiger partial charge in [-0.15, -0.1) is 0 Å². The molecule has 5 nitrogen and oxygen atoms in total. The molecule has 2 aromatic heterocycles. The number of ketones is 1. The molecule has 0 spiro atoms. The van der Waals surface area contributed by atoms with E-state index in [1.54, 1.807) is 18.3 Å². The van der Waals surface area contributed by atoms with E-state index < -0.39 is 0 Å². The van der Waals surface area contributed by atoms with Gasteiger partial charge in [-0.2, -0.15) is 0 Å². The van der Waals surface area contributed by atoms with Crippen molar-refractivity contribution in [2.45, 2.75) is 0 Å². The van der Waals surface area contributed by atoms with Crippen LogP contribution in [0.1, 0.15) is 26.4 Å². The van der Waals surface area contributed by atoms with Crippen molar-refractivity contribution in [3.8, 4) is 0 Å². The van der Waals surface area contributed by atoms with E-state index in [9.17, 15) is 9.59 Å². The van der Waals surface area contributed by atoms with Gasteiger partial charge in [0.25, 0.3) is 5.91 Å². The summed E-state index contributed by atoms with van der Waals surface area (Å²) in [5.41, 5.74) is 3.65. The minimum absolute atomic E-state index is 0.177. The molecule has 6 heteroatoms. The second kappa shape index (κ2) is 8.49.